The SMILES string of the molecule is CCOC1Nc2cccc(C(=O)NC)c2N1Cc1ccc(-c2ccccc2S(=O)(=O)NC2=C(C)C(C)NO2)c(CN2CCC(C)(C)C2=O)c1. The van der Waals surface area contributed by atoms with Crippen molar-refractivity contribution in [1.82, 2.24) is 20.4 Å². The van der Waals surface area contributed by atoms with Crippen molar-refractivity contribution in [3.05, 3.63) is 88.8 Å². The van der Waals surface area contributed by atoms with Crippen molar-refractivity contribution in [3.8, 4) is 11.1 Å². The second kappa shape index (κ2) is 13.4. The number of hydrogen-bond acceptors (Lipinski definition) is 9. The van der Waals surface area contributed by atoms with Crippen LogP contribution in [-0.2, 0) is 37.5 Å². The van der Waals surface area contributed by atoms with E-state index in [1.54, 1.807) is 37.4 Å². The third-order valence-corrected chi connectivity index (χ3v) is 10.9. The van der Waals surface area contributed by atoms with Crippen LogP contribution in [-0.4, -0.2) is 57.7 Å². The van der Waals surface area contributed by atoms with E-state index >= 15 is 0 Å². The zero-order valence-electron chi connectivity index (χ0n) is 28.7. The number of sulfonamides is 1. The van der Waals surface area contributed by atoms with Gasteiger partial charge >= 0.3 is 0 Å². The van der Waals surface area contributed by atoms with E-state index in [0.29, 0.717) is 42.9 Å². The maximum atomic E-state index is 13.9. The minimum Gasteiger partial charge on any atom is -0.389 e. The number of benzene rings is 3. The second-order valence-corrected chi connectivity index (χ2v) is 14.9. The first kappa shape index (κ1) is 34.3. The molecule has 3 aromatic carbocycles. The summed E-state index contributed by atoms with van der Waals surface area (Å²) in [4.78, 5) is 35.7. The van der Waals surface area contributed by atoms with Gasteiger partial charge in [-0.3, -0.25) is 9.59 Å². The lowest BCUT2D eigenvalue weighted by Crippen LogP contribution is -2.38. The Balaban J connectivity index is 1.42. The smallest absolute Gasteiger partial charge is 0.264 e. The van der Waals surface area contributed by atoms with Crippen molar-refractivity contribution >= 4 is 33.2 Å². The average molecular weight is 689 g/mol. The Kier molecular flexibility index (Phi) is 9.36. The zero-order valence-corrected chi connectivity index (χ0v) is 29.5. The summed E-state index contributed by atoms with van der Waals surface area (Å²) < 4.78 is 36.4. The van der Waals surface area contributed by atoms with Gasteiger partial charge in [0.15, 0.2) is 0 Å². The van der Waals surface area contributed by atoms with Crippen LogP contribution >= 0.6 is 0 Å². The first-order valence-electron chi connectivity index (χ1n) is 16.5. The van der Waals surface area contributed by atoms with Crippen LogP contribution in [0.2, 0.25) is 0 Å². The standard InChI is InChI=1S/C36H44N6O6S/c1-7-47-35-38-29-13-10-12-28(32(43)37-6)31(29)42(35)20-24-15-16-26(25(19-24)21-41-18-17-36(4,5)34(41)44)27-11-8-9-14-30(27)49(45,46)40-33-22(2)23(3)39-48-33/h8-16,19,23,35,38-40H,7,17-18,20-21H2,1-6H3,(H,37,43). The summed E-state index contributed by atoms with van der Waals surface area (Å²) in [5.74, 6) is -0.00184. The van der Waals surface area contributed by atoms with E-state index in [2.05, 4.69) is 20.8 Å². The van der Waals surface area contributed by atoms with E-state index in [4.69, 9.17) is 9.57 Å². The number of nitrogens with zero attached hydrogens (tertiary/aromatic N) is 2. The van der Waals surface area contributed by atoms with Crippen LogP contribution in [0.1, 0.15) is 62.5 Å². The first-order valence-corrected chi connectivity index (χ1v) is 18.0. The number of carbonyl (C=O) groups is 2. The van der Waals surface area contributed by atoms with Crippen molar-refractivity contribution in [2.75, 3.05) is 30.4 Å². The second-order valence-electron chi connectivity index (χ2n) is 13.3. The van der Waals surface area contributed by atoms with Crippen LogP contribution in [0, 0.1) is 5.41 Å². The fraction of sp³-hybridized carbons (Fsp3) is 0.389. The summed E-state index contributed by atoms with van der Waals surface area (Å²) in [6, 6.07) is 18.1. The van der Waals surface area contributed by atoms with E-state index in [0.717, 1.165) is 34.5 Å². The summed E-state index contributed by atoms with van der Waals surface area (Å²) in [7, 11) is -2.47. The van der Waals surface area contributed by atoms with Gasteiger partial charge in [-0.1, -0.05) is 56.3 Å². The number of hydroxylamine groups is 1. The molecule has 3 aliphatic heterocycles. The van der Waals surface area contributed by atoms with Gasteiger partial charge in [-0.2, -0.15) is 0 Å². The van der Waals surface area contributed by atoms with Crippen LogP contribution in [0.3, 0.4) is 0 Å². The highest BCUT2D eigenvalue weighted by molar-refractivity contribution is 7.89. The van der Waals surface area contributed by atoms with Gasteiger partial charge in [0.2, 0.25) is 18.1 Å². The predicted molar refractivity (Wildman–Crippen MR) is 187 cm³/mol. The van der Waals surface area contributed by atoms with Crippen molar-refractivity contribution in [2.24, 2.45) is 5.41 Å². The van der Waals surface area contributed by atoms with E-state index < -0.39 is 21.8 Å². The molecule has 3 aromatic rings. The molecule has 0 radical (unpaired) electrons. The molecule has 0 aromatic heterocycles. The number of carbonyl (C=O) groups excluding carboxylic acids is 2. The molecule has 2 unspecified atom stereocenters. The van der Waals surface area contributed by atoms with E-state index in [9.17, 15) is 18.0 Å². The Morgan fingerprint density at radius 2 is 1.86 bits per heavy atom. The quantitative estimate of drug-likeness (QED) is 0.227. The van der Waals surface area contributed by atoms with Crippen LogP contribution in [0.5, 0.6) is 0 Å². The molecule has 12 nitrogen and oxygen atoms in total. The van der Waals surface area contributed by atoms with Crippen LogP contribution in [0.15, 0.2) is 77.0 Å². The molecule has 3 heterocycles. The largest absolute Gasteiger partial charge is 0.389 e. The van der Waals surface area contributed by atoms with Crippen molar-refractivity contribution in [3.63, 3.8) is 0 Å². The normalized spacial score (nSPS) is 19.9. The van der Waals surface area contributed by atoms with E-state index in [1.165, 1.54) is 0 Å². The highest BCUT2D eigenvalue weighted by Gasteiger charge is 2.39. The molecule has 2 atom stereocenters. The number of anilines is 2. The van der Waals surface area contributed by atoms with Crippen LogP contribution in [0.4, 0.5) is 11.4 Å². The molecule has 0 spiro atoms. The molecule has 1 saturated heterocycles. The highest BCUT2D eigenvalue weighted by Crippen LogP contribution is 2.40. The van der Waals surface area contributed by atoms with Gasteiger partial charge in [0.05, 0.1) is 27.9 Å². The lowest BCUT2D eigenvalue weighted by Gasteiger charge is -2.28. The van der Waals surface area contributed by atoms with Gasteiger partial charge < -0.3 is 30.0 Å². The average Bonchev–Trinajstić information content (AvgIpc) is 3.68. The topological polar surface area (TPSA) is 141 Å². The highest BCUT2D eigenvalue weighted by atomic mass is 32.2. The molecular weight excluding hydrogens is 644 g/mol. The first-order chi connectivity index (χ1) is 23.3. The molecule has 6 rings (SSSR count). The Morgan fingerprint density at radius 1 is 1.08 bits per heavy atom. The van der Waals surface area contributed by atoms with Gasteiger partial charge in [-0.05, 0) is 62.1 Å². The van der Waals surface area contributed by atoms with Gasteiger partial charge in [0.25, 0.3) is 15.9 Å². The molecule has 4 N–H and O–H groups in total. The lowest BCUT2D eigenvalue weighted by molar-refractivity contribution is -0.135. The summed E-state index contributed by atoms with van der Waals surface area (Å²) in [6.45, 7) is 11.2. The number of hydrogen-bond donors (Lipinski definition) is 4. The van der Waals surface area contributed by atoms with Crippen LogP contribution < -0.4 is 25.7 Å². The molecule has 0 saturated carbocycles. The Hall–Kier alpha value is -4.59. The summed E-state index contributed by atoms with van der Waals surface area (Å²) in [6.07, 6.45) is 0.213. The fourth-order valence-electron chi connectivity index (χ4n) is 6.52. The molecule has 260 valence electrons. The molecule has 1 fully saturated rings. The third-order valence-electron chi connectivity index (χ3n) is 9.48. The van der Waals surface area contributed by atoms with E-state index in [-0.39, 0.29) is 28.6 Å². The van der Waals surface area contributed by atoms with Crippen molar-refractivity contribution < 1.29 is 27.6 Å². The maximum Gasteiger partial charge on any atom is 0.264 e. The number of para-hydroxylation sites is 1. The predicted octanol–water partition coefficient (Wildman–Crippen LogP) is 4.66. The monoisotopic (exact) mass is 688 g/mol. The Bertz CT molecular complexity index is 1930. The lowest BCUT2D eigenvalue weighted by atomic mass is 9.92. The summed E-state index contributed by atoms with van der Waals surface area (Å²) in [5.41, 5.74) is 7.97. The van der Waals surface area contributed by atoms with Crippen molar-refractivity contribution in [1.29, 1.82) is 0 Å². The molecule has 13 heteroatoms. The number of likely N-dealkylation sites (tertiary alicyclic amines) is 1. The van der Waals surface area contributed by atoms with Gasteiger partial charge in [-0.25, -0.2) is 13.1 Å². The third kappa shape index (κ3) is 6.57. The molecular formula is C36H44N6O6S. The van der Waals surface area contributed by atoms with Crippen LogP contribution in [0.25, 0.3) is 11.1 Å². The minimum absolute atomic E-state index is 0.0538. The number of fused-ring (bicyclic) bond motifs is 1. The molecule has 2 amide bonds. The Morgan fingerprint density at radius 3 is 2.53 bits per heavy atom. The molecule has 3 aliphatic rings. The summed E-state index contributed by atoms with van der Waals surface area (Å²) >= 11 is 0. The maximum absolute atomic E-state index is 13.9. The fourth-order valence-corrected chi connectivity index (χ4v) is 7.81. The number of ether oxygens (including phenoxy) is 1. The van der Waals surface area contributed by atoms with Gasteiger partial charge in [0.1, 0.15) is 0 Å². The number of rotatable bonds is 11. The van der Waals surface area contributed by atoms with Crippen molar-refractivity contribution in [2.45, 2.75) is 71.4 Å². The zero-order chi connectivity index (χ0) is 35.1. The molecule has 0 aliphatic carbocycles. The Labute approximate surface area is 287 Å². The molecule has 49 heavy (non-hydrogen) atoms. The number of amides is 2. The van der Waals surface area contributed by atoms with E-state index in [1.807, 2.05) is 74.8 Å². The number of nitrogens with one attached hydrogen (secondary N) is 4. The molecule has 0 bridgehead atoms. The summed E-state index contributed by atoms with van der Waals surface area (Å²) in [5, 5.41) is 6.12. The minimum atomic E-state index is -4.07. The van der Waals surface area contributed by atoms with Gasteiger partial charge in [0, 0.05) is 49.8 Å². The van der Waals surface area contributed by atoms with Gasteiger partial charge in [-0.15, -0.1) is 5.48 Å².